The maximum atomic E-state index is 12.2. The second-order valence-corrected chi connectivity index (χ2v) is 5.91. The standard InChI is InChI=1S/C17H25N3O3/c1-23-10-9-19-16(21)14-4-6-15(7-5-14)17(22)20-12-13-3-2-8-18-11-13/h2-3,8,11,14-15H,4-7,9-10,12H2,1H3,(H,19,21)(H,20,22). The molecule has 6 nitrogen and oxygen atoms in total. The Morgan fingerprint density at radius 2 is 1.83 bits per heavy atom. The zero-order valence-electron chi connectivity index (χ0n) is 13.6. The number of rotatable bonds is 7. The lowest BCUT2D eigenvalue weighted by atomic mass is 9.81. The van der Waals surface area contributed by atoms with Crippen LogP contribution >= 0.6 is 0 Å². The molecule has 1 aromatic rings. The van der Waals surface area contributed by atoms with E-state index in [1.807, 2.05) is 12.1 Å². The van der Waals surface area contributed by atoms with Gasteiger partial charge in [0.1, 0.15) is 0 Å². The second kappa shape index (κ2) is 9.25. The normalized spacial score (nSPS) is 20.7. The van der Waals surface area contributed by atoms with Gasteiger partial charge in [0, 0.05) is 44.4 Å². The first-order chi connectivity index (χ1) is 11.2. The topological polar surface area (TPSA) is 80.3 Å². The molecule has 1 fully saturated rings. The quantitative estimate of drug-likeness (QED) is 0.742. The second-order valence-electron chi connectivity index (χ2n) is 5.91. The minimum Gasteiger partial charge on any atom is -0.383 e. The van der Waals surface area contributed by atoms with Crippen LogP contribution in [0.4, 0.5) is 0 Å². The molecular weight excluding hydrogens is 294 g/mol. The zero-order chi connectivity index (χ0) is 16.5. The molecule has 0 bridgehead atoms. The molecule has 0 atom stereocenters. The Morgan fingerprint density at radius 3 is 2.39 bits per heavy atom. The van der Waals surface area contributed by atoms with Gasteiger partial charge >= 0.3 is 0 Å². The number of hydrogen-bond donors (Lipinski definition) is 2. The zero-order valence-corrected chi connectivity index (χ0v) is 13.6. The largest absolute Gasteiger partial charge is 0.383 e. The van der Waals surface area contributed by atoms with E-state index in [0.29, 0.717) is 19.7 Å². The number of carbonyl (C=O) groups is 2. The van der Waals surface area contributed by atoms with Crippen LogP contribution in [0.1, 0.15) is 31.2 Å². The molecule has 0 aromatic carbocycles. The molecule has 1 aliphatic carbocycles. The average Bonchev–Trinajstić information content (AvgIpc) is 2.61. The summed E-state index contributed by atoms with van der Waals surface area (Å²) in [5.41, 5.74) is 0.993. The van der Waals surface area contributed by atoms with Crippen molar-refractivity contribution in [1.82, 2.24) is 15.6 Å². The highest BCUT2D eigenvalue weighted by molar-refractivity contribution is 5.81. The number of nitrogens with zero attached hydrogens (tertiary/aromatic N) is 1. The van der Waals surface area contributed by atoms with Crippen LogP contribution in [0, 0.1) is 11.8 Å². The van der Waals surface area contributed by atoms with Crippen molar-refractivity contribution >= 4 is 11.8 Å². The van der Waals surface area contributed by atoms with E-state index in [0.717, 1.165) is 31.2 Å². The summed E-state index contributed by atoms with van der Waals surface area (Å²) >= 11 is 0. The first-order valence-electron chi connectivity index (χ1n) is 8.14. The number of amides is 2. The number of pyridine rings is 1. The van der Waals surface area contributed by atoms with Crippen molar-refractivity contribution in [2.45, 2.75) is 32.2 Å². The van der Waals surface area contributed by atoms with Gasteiger partial charge in [-0.15, -0.1) is 0 Å². The molecular formula is C17H25N3O3. The molecule has 6 heteroatoms. The smallest absolute Gasteiger partial charge is 0.223 e. The van der Waals surface area contributed by atoms with E-state index in [9.17, 15) is 9.59 Å². The Morgan fingerprint density at radius 1 is 1.17 bits per heavy atom. The van der Waals surface area contributed by atoms with Crippen molar-refractivity contribution in [3.8, 4) is 0 Å². The number of aromatic nitrogens is 1. The molecule has 0 unspecified atom stereocenters. The Kier molecular flexibility index (Phi) is 7.00. The van der Waals surface area contributed by atoms with E-state index >= 15 is 0 Å². The average molecular weight is 319 g/mol. The molecule has 2 rings (SSSR count). The molecule has 126 valence electrons. The SMILES string of the molecule is COCCNC(=O)C1CCC(C(=O)NCc2cccnc2)CC1. The monoisotopic (exact) mass is 319 g/mol. The van der Waals surface area contributed by atoms with Crippen LogP contribution in [0.5, 0.6) is 0 Å². The molecule has 0 aliphatic heterocycles. The number of hydrogen-bond acceptors (Lipinski definition) is 4. The number of carbonyl (C=O) groups excluding carboxylic acids is 2. The fraction of sp³-hybridized carbons (Fsp3) is 0.588. The van der Waals surface area contributed by atoms with Crippen LogP contribution in [0.15, 0.2) is 24.5 Å². The van der Waals surface area contributed by atoms with Crippen LogP contribution in [0.2, 0.25) is 0 Å². The van der Waals surface area contributed by atoms with E-state index in [4.69, 9.17) is 4.74 Å². The summed E-state index contributed by atoms with van der Waals surface area (Å²) in [5.74, 6) is 0.187. The van der Waals surface area contributed by atoms with E-state index in [2.05, 4.69) is 15.6 Å². The van der Waals surface area contributed by atoms with E-state index in [1.54, 1.807) is 19.5 Å². The highest BCUT2D eigenvalue weighted by Crippen LogP contribution is 2.29. The van der Waals surface area contributed by atoms with E-state index in [-0.39, 0.29) is 23.7 Å². The lowest BCUT2D eigenvalue weighted by Crippen LogP contribution is -2.38. The molecule has 0 radical (unpaired) electrons. The molecule has 1 aromatic heterocycles. The van der Waals surface area contributed by atoms with Gasteiger partial charge in [-0.2, -0.15) is 0 Å². The Hall–Kier alpha value is -1.95. The lowest BCUT2D eigenvalue weighted by Gasteiger charge is -2.27. The van der Waals surface area contributed by atoms with Gasteiger partial charge < -0.3 is 15.4 Å². The van der Waals surface area contributed by atoms with Crippen molar-refractivity contribution < 1.29 is 14.3 Å². The third-order valence-electron chi connectivity index (χ3n) is 4.26. The summed E-state index contributed by atoms with van der Waals surface area (Å²) in [6.45, 7) is 1.57. The summed E-state index contributed by atoms with van der Waals surface area (Å²) in [5, 5.41) is 5.83. The predicted octanol–water partition coefficient (Wildman–Crippen LogP) is 1.27. The maximum absolute atomic E-state index is 12.2. The Balaban J connectivity index is 1.69. The summed E-state index contributed by atoms with van der Waals surface area (Å²) in [4.78, 5) is 28.2. The summed E-state index contributed by atoms with van der Waals surface area (Å²) in [6, 6.07) is 3.80. The van der Waals surface area contributed by atoms with E-state index in [1.165, 1.54) is 0 Å². The van der Waals surface area contributed by atoms with Gasteiger partial charge in [0.25, 0.3) is 0 Å². The molecule has 23 heavy (non-hydrogen) atoms. The van der Waals surface area contributed by atoms with Crippen LogP contribution < -0.4 is 10.6 Å². The van der Waals surface area contributed by atoms with Crippen LogP contribution in [-0.4, -0.2) is 37.1 Å². The van der Waals surface area contributed by atoms with Crippen LogP contribution in [-0.2, 0) is 20.9 Å². The van der Waals surface area contributed by atoms with Crippen molar-refractivity contribution in [3.63, 3.8) is 0 Å². The first-order valence-corrected chi connectivity index (χ1v) is 8.14. The van der Waals surface area contributed by atoms with Crippen molar-refractivity contribution in [1.29, 1.82) is 0 Å². The minimum atomic E-state index is 0.00898. The lowest BCUT2D eigenvalue weighted by molar-refractivity contribution is -0.130. The number of ether oxygens (including phenoxy) is 1. The highest BCUT2D eigenvalue weighted by Gasteiger charge is 2.29. The number of nitrogens with one attached hydrogen (secondary N) is 2. The molecule has 0 saturated heterocycles. The van der Waals surface area contributed by atoms with Crippen LogP contribution in [0.3, 0.4) is 0 Å². The molecule has 2 N–H and O–H groups in total. The molecule has 1 heterocycles. The van der Waals surface area contributed by atoms with Gasteiger partial charge in [-0.1, -0.05) is 6.07 Å². The van der Waals surface area contributed by atoms with Crippen molar-refractivity contribution in [2.24, 2.45) is 11.8 Å². The fourth-order valence-corrected chi connectivity index (χ4v) is 2.87. The van der Waals surface area contributed by atoms with Gasteiger partial charge in [0.15, 0.2) is 0 Å². The van der Waals surface area contributed by atoms with Gasteiger partial charge in [-0.3, -0.25) is 14.6 Å². The van der Waals surface area contributed by atoms with Crippen molar-refractivity contribution in [2.75, 3.05) is 20.3 Å². The third-order valence-corrected chi connectivity index (χ3v) is 4.26. The third kappa shape index (κ3) is 5.63. The summed E-state index contributed by atoms with van der Waals surface area (Å²) in [7, 11) is 1.61. The van der Waals surface area contributed by atoms with E-state index < -0.39 is 0 Å². The molecule has 1 saturated carbocycles. The fourth-order valence-electron chi connectivity index (χ4n) is 2.87. The minimum absolute atomic E-state index is 0.00898. The maximum Gasteiger partial charge on any atom is 0.223 e. The molecule has 2 amide bonds. The van der Waals surface area contributed by atoms with Gasteiger partial charge in [-0.25, -0.2) is 0 Å². The predicted molar refractivity (Wildman–Crippen MR) is 86.4 cm³/mol. The Bertz CT molecular complexity index is 499. The molecule has 0 spiro atoms. The van der Waals surface area contributed by atoms with Gasteiger partial charge in [0.2, 0.25) is 11.8 Å². The van der Waals surface area contributed by atoms with Gasteiger partial charge in [0.05, 0.1) is 6.61 Å². The first kappa shape index (κ1) is 17.4. The summed E-state index contributed by atoms with van der Waals surface area (Å²) < 4.78 is 4.92. The molecule has 1 aliphatic rings. The van der Waals surface area contributed by atoms with Crippen molar-refractivity contribution in [3.05, 3.63) is 30.1 Å². The summed E-state index contributed by atoms with van der Waals surface area (Å²) in [6.07, 6.45) is 6.53. The highest BCUT2D eigenvalue weighted by atomic mass is 16.5. The van der Waals surface area contributed by atoms with Crippen LogP contribution in [0.25, 0.3) is 0 Å². The van der Waals surface area contributed by atoms with Gasteiger partial charge in [-0.05, 0) is 37.3 Å². The number of methoxy groups -OCH3 is 1. The Labute approximate surface area is 137 Å².